The van der Waals surface area contributed by atoms with Gasteiger partial charge in [0.25, 0.3) is 5.91 Å². The molecule has 1 heterocycles. The van der Waals surface area contributed by atoms with Crippen molar-refractivity contribution in [1.29, 1.82) is 0 Å². The van der Waals surface area contributed by atoms with Gasteiger partial charge in [-0.05, 0) is 37.1 Å². The maximum atomic E-state index is 12.3. The Balaban J connectivity index is 2.04. The van der Waals surface area contributed by atoms with Crippen LogP contribution in [-0.4, -0.2) is 35.8 Å². The summed E-state index contributed by atoms with van der Waals surface area (Å²) in [6.07, 6.45) is 0.805. The molecule has 1 saturated heterocycles. The van der Waals surface area contributed by atoms with Crippen LogP contribution in [0.4, 0.5) is 5.69 Å². The molecule has 0 aromatic heterocycles. The van der Waals surface area contributed by atoms with E-state index in [-0.39, 0.29) is 17.9 Å². The molecule has 102 valence electrons. The lowest BCUT2D eigenvalue weighted by Crippen LogP contribution is -2.37. The molecule has 1 aliphatic heterocycles. The first-order valence-corrected chi connectivity index (χ1v) is 6.40. The fourth-order valence-corrected chi connectivity index (χ4v) is 2.34. The zero-order chi connectivity index (χ0) is 14.0. The molecule has 1 fully saturated rings. The minimum Gasteiger partial charge on any atom is -0.399 e. The van der Waals surface area contributed by atoms with Crippen molar-refractivity contribution in [3.8, 4) is 0 Å². The molecule has 2 rings (SSSR count). The molecule has 2 amide bonds. The first-order chi connectivity index (χ1) is 8.97. The van der Waals surface area contributed by atoms with Crippen LogP contribution in [0.2, 0.25) is 0 Å². The predicted octanol–water partition coefficient (Wildman–Crippen LogP) is 0.928. The first kappa shape index (κ1) is 13.4. The van der Waals surface area contributed by atoms with Crippen molar-refractivity contribution < 1.29 is 9.59 Å². The number of nitrogens with zero attached hydrogens (tertiary/aromatic N) is 1. The van der Waals surface area contributed by atoms with Gasteiger partial charge >= 0.3 is 0 Å². The lowest BCUT2D eigenvalue weighted by Gasteiger charge is -2.17. The number of hydrogen-bond donors (Lipinski definition) is 2. The molecule has 0 spiro atoms. The topological polar surface area (TPSA) is 75.4 Å². The number of amides is 2. The molecule has 19 heavy (non-hydrogen) atoms. The molecule has 0 radical (unpaired) electrons. The van der Waals surface area contributed by atoms with Crippen LogP contribution in [0.3, 0.4) is 0 Å². The number of anilines is 1. The van der Waals surface area contributed by atoms with E-state index in [9.17, 15) is 9.59 Å². The highest BCUT2D eigenvalue weighted by Gasteiger charge is 2.27. The molecule has 1 aliphatic rings. The van der Waals surface area contributed by atoms with Crippen LogP contribution in [0.15, 0.2) is 18.2 Å². The van der Waals surface area contributed by atoms with E-state index in [2.05, 4.69) is 5.32 Å². The van der Waals surface area contributed by atoms with Crippen LogP contribution in [0.1, 0.15) is 29.3 Å². The third-order valence-corrected chi connectivity index (χ3v) is 3.40. The smallest absolute Gasteiger partial charge is 0.253 e. The zero-order valence-electron chi connectivity index (χ0n) is 11.3. The van der Waals surface area contributed by atoms with Crippen LogP contribution in [0, 0.1) is 6.92 Å². The van der Waals surface area contributed by atoms with E-state index in [1.807, 2.05) is 13.0 Å². The normalized spacial score (nSPS) is 18.4. The number of likely N-dealkylation sites (tertiary alicyclic amines) is 1. The second-order valence-electron chi connectivity index (χ2n) is 5.01. The summed E-state index contributed by atoms with van der Waals surface area (Å²) in [6, 6.07) is 5.38. The molecule has 3 N–H and O–H groups in total. The second-order valence-corrected chi connectivity index (χ2v) is 5.01. The van der Waals surface area contributed by atoms with Gasteiger partial charge in [-0.3, -0.25) is 9.59 Å². The Kier molecular flexibility index (Phi) is 3.74. The first-order valence-electron chi connectivity index (χ1n) is 6.40. The van der Waals surface area contributed by atoms with E-state index in [4.69, 9.17) is 5.73 Å². The highest BCUT2D eigenvalue weighted by atomic mass is 16.2. The molecule has 1 aromatic carbocycles. The predicted molar refractivity (Wildman–Crippen MR) is 73.7 cm³/mol. The number of carbonyl (C=O) groups is 2. The van der Waals surface area contributed by atoms with Crippen molar-refractivity contribution in [2.24, 2.45) is 0 Å². The van der Waals surface area contributed by atoms with Crippen LogP contribution in [0.25, 0.3) is 0 Å². The maximum Gasteiger partial charge on any atom is 0.253 e. The molecule has 5 heteroatoms. The Morgan fingerprint density at radius 3 is 2.79 bits per heavy atom. The van der Waals surface area contributed by atoms with Crippen molar-refractivity contribution in [2.45, 2.75) is 26.3 Å². The van der Waals surface area contributed by atoms with Crippen LogP contribution >= 0.6 is 0 Å². The van der Waals surface area contributed by atoms with Gasteiger partial charge < -0.3 is 16.0 Å². The van der Waals surface area contributed by atoms with Gasteiger partial charge in [0.1, 0.15) is 0 Å². The summed E-state index contributed by atoms with van der Waals surface area (Å²) in [6.45, 7) is 4.62. The van der Waals surface area contributed by atoms with E-state index in [0.29, 0.717) is 24.3 Å². The summed E-state index contributed by atoms with van der Waals surface area (Å²) in [7, 11) is 0. The summed E-state index contributed by atoms with van der Waals surface area (Å²) < 4.78 is 0. The Morgan fingerprint density at radius 2 is 2.16 bits per heavy atom. The Bertz CT molecular complexity index is 513. The summed E-state index contributed by atoms with van der Waals surface area (Å²) in [4.78, 5) is 25.1. The molecule has 1 unspecified atom stereocenters. The van der Waals surface area contributed by atoms with E-state index in [1.165, 1.54) is 6.92 Å². The van der Waals surface area contributed by atoms with E-state index < -0.39 is 0 Å². The number of benzene rings is 1. The number of aryl methyl sites for hydroxylation is 1. The van der Waals surface area contributed by atoms with Gasteiger partial charge in [0.2, 0.25) is 5.91 Å². The molecule has 1 atom stereocenters. The fourth-order valence-electron chi connectivity index (χ4n) is 2.34. The molecular weight excluding hydrogens is 242 g/mol. The van der Waals surface area contributed by atoms with Gasteiger partial charge in [-0.1, -0.05) is 0 Å². The number of carbonyl (C=O) groups excluding carboxylic acids is 2. The van der Waals surface area contributed by atoms with Crippen molar-refractivity contribution in [1.82, 2.24) is 10.2 Å². The quantitative estimate of drug-likeness (QED) is 0.778. The largest absolute Gasteiger partial charge is 0.399 e. The van der Waals surface area contributed by atoms with Gasteiger partial charge in [-0.15, -0.1) is 0 Å². The highest BCUT2D eigenvalue weighted by molar-refractivity contribution is 5.95. The van der Waals surface area contributed by atoms with E-state index in [1.54, 1.807) is 17.0 Å². The van der Waals surface area contributed by atoms with E-state index in [0.717, 1.165) is 12.0 Å². The molecule has 0 saturated carbocycles. The summed E-state index contributed by atoms with van der Waals surface area (Å²) in [5.41, 5.74) is 7.99. The Hall–Kier alpha value is -2.04. The summed E-state index contributed by atoms with van der Waals surface area (Å²) >= 11 is 0. The summed E-state index contributed by atoms with van der Waals surface area (Å²) in [5, 5.41) is 2.85. The van der Waals surface area contributed by atoms with Crippen molar-refractivity contribution in [3.05, 3.63) is 29.3 Å². The average Bonchev–Trinajstić information content (AvgIpc) is 2.79. The number of nitrogens with one attached hydrogen (secondary N) is 1. The van der Waals surface area contributed by atoms with Crippen molar-refractivity contribution in [3.63, 3.8) is 0 Å². The SMILES string of the molecule is CC(=O)NC1CCN(C(=O)c2ccc(N)c(C)c2)C1. The van der Waals surface area contributed by atoms with Gasteiger partial charge in [0, 0.05) is 37.3 Å². The Morgan fingerprint density at radius 1 is 1.42 bits per heavy atom. The minimum absolute atomic E-state index is 0.00375. The van der Waals surface area contributed by atoms with Crippen LogP contribution < -0.4 is 11.1 Å². The molecule has 0 aliphatic carbocycles. The lowest BCUT2D eigenvalue weighted by molar-refractivity contribution is -0.119. The standard InChI is InChI=1S/C14H19N3O2/c1-9-7-11(3-4-13(9)15)14(19)17-6-5-12(8-17)16-10(2)18/h3-4,7,12H,5-6,8,15H2,1-2H3,(H,16,18). The molecule has 5 nitrogen and oxygen atoms in total. The molecule has 0 bridgehead atoms. The van der Waals surface area contributed by atoms with Gasteiger partial charge in [0.05, 0.1) is 0 Å². The van der Waals surface area contributed by atoms with Crippen LogP contribution in [-0.2, 0) is 4.79 Å². The highest BCUT2D eigenvalue weighted by Crippen LogP contribution is 2.17. The Labute approximate surface area is 112 Å². The number of nitrogens with two attached hydrogens (primary N) is 1. The van der Waals surface area contributed by atoms with Gasteiger partial charge in [-0.25, -0.2) is 0 Å². The van der Waals surface area contributed by atoms with Crippen molar-refractivity contribution >= 4 is 17.5 Å². The van der Waals surface area contributed by atoms with Gasteiger partial charge in [0.15, 0.2) is 0 Å². The van der Waals surface area contributed by atoms with Crippen LogP contribution in [0.5, 0.6) is 0 Å². The second kappa shape index (κ2) is 5.30. The third-order valence-electron chi connectivity index (χ3n) is 3.40. The zero-order valence-corrected chi connectivity index (χ0v) is 11.3. The monoisotopic (exact) mass is 261 g/mol. The van der Waals surface area contributed by atoms with E-state index >= 15 is 0 Å². The lowest BCUT2D eigenvalue weighted by atomic mass is 10.1. The number of hydrogen-bond acceptors (Lipinski definition) is 3. The van der Waals surface area contributed by atoms with Gasteiger partial charge in [-0.2, -0.15) is 0 Å². The average molecular weight is 261 g/mol. The maximum absolute atomic E-state index is 12.3. The minimum atomic E-state index is -0.0531. The molecular formula is C14H19N3O2. The number of rotatable bonds is 2. The number of nitrogen functional groups attached to an aromatic ring is 1. The van der Waals surface area contributed by atoms with Crippen molar-refractivity contribution in [2.75, 3.05) is 18.8 Å². The third kappa shape index (κ3) is 3.05. The fraction of sp³-hybridized carbons (Fsp3) is 0.429. The summed E-state index contributed by atoms with van der Waals surface area (Å²) in [5.74, 6) is -0.0569. The molecule has 1 aromatic rings.